The van der Waals surface area contributed by atoms with E-state index in [1.807, 2.05) is 36.4 Å². The zero-order valence-corrected chi connectivity index (χ0v) is 21.7. The highest BCUT2D eigenvalue weighted by atomic mass is 127. The molecule has 0 aliphatic heterocycles. The number of amides is 1. The lowest BCUT2D eigenvalue weighted by molar-refractivity contribution is -0.112. The topological polar surface area (TPSA) is 85.9 Å². The molecule has 32 heavy (non-hydrogen) atoms. The molecule has 8 heteroatoms. The Morgan fingerprint density at radius 1 is 1.09 bits per heavy atom. The largest absolute Gasteiger partial charge is 0.487 e. The third-order valence-corrected chi connectivity index (χ3v) is 6.17. The van der Waals surface area contributed by atoms with E-state index in [9.17, 15) is 15.3 Å². The fourth-order valence-corrected chi connectivity index (χ4v) is 4.95. The van der Waals surface area contributed by atoms with Crippen LogP contribution in [0.2, 0.25) is 0 Å². The van der Waals surface area contributed by atoms with E-state index in [-0.39, 0.29) is 12.2 Å². The van der Waals surface area contributed by atoms with E-state index in [0.717, 1.165) is 13.6 Å². The molecule has 3 aromatic carbocycles. The Hall–Kier alpha value is -2.66. The molecule has 0 aliphatic rings. The summed E-state index contributed by atoms with van der Waals surface area (Å²) in [6, 6.07) is 22.1. The number of nitriles is 2. The van der Waals surface area contributed by atoms with Crippen molar-refractivity contribution in [3.63, 3.8) is 0 Å². The van der Waals surface area contributed by atoms with Gasteiger partial charge in [-0.2, -0.15) is 10.5 Å². The summed E-state index contributed by atoms with van der Waals surface area (Å²) in [5, 5.41) is 21.4. The number of ether oxygens (including phenoxy) is 1. The Morgan fingerprint density at radius 2 is 1.88 bits per heavy atom. The molecule has 0 saturated carbocycles. The fourth-order valence-electron chi connectivity index (χ4n) is 2.79. The molecule has 0 radical (unpaired) electrons. The van der Waals surface area contributed by atoms with Gasteiger partial charge >= 0.3 is 0 Å². The molecule has 158 valence electrons. The van der Waals surface area contributed by atoms with E-state index in [0.29, 0.717) is 27.0 Å². The summed E-state index contributed by atoms with van der Waals surface area (Å²) in [5.41, 5.74) is 2.59. The van der Waals surface area contributed by atoms with Gasteiger partial charge in [0.2, 0.25) is 0 Å². The number of rotatable bonds is 6. The molecular weight excluding hydrogens is 649 g/mol. The van der Waals surface area contributed by atoms with Gasteiger partial charge in [0.15, 0.2) is 0 Å². The van der Waals surface area contributed by atoms with Crippen molar-refractivity contribution in [2.75, 3.05) is 5.32 Å². The van der Waals surface area contributed by atoms with Gasteiger partial charge in [0, 0.05) is 15.7 Å². The van der Waals surface area contributed by atoms with Crippen LogP contribution in [0.25, 0.3) is 6.08 Å². The van der Waals surface area contributed by atoms with Crippen LogP contribution in [0.5, 0.6) is 5.75 Å². The second-order valence-electron chi connectivity index (χ2n) is 6.51. The van der Waals surface area contributed by atoms with Gasteiger partial charge in [-0.3, -0.25) is 4.79 Å². The number of carbonyl (C=O) groups is 1. The smallest absolute Gasteiger partial charge is 0.266 e. The highest BCUT2D eigenvalue weighted by molar-refractivity contribution is 14.1. The second kappa shape index (κ2) is 11.3. The first-order valence-corrected chi connectivity index (χ1v) is 11.9. The molecule has 0 unspecified atom stereocenters. The number of hydrogen-bond acceptors (Lipinski definition) is 4. The fraction of sp³-hybridized carbons (Fsp3) is 0.0417. The summed E-state index contributed by atoms with van der Waals surface area (Å²) in [6.45, 7) is 0.242. The van der Waals surface area contributed by atoms with Crippen LogP contribution in [0.4, 0.5) is 5.69 Å². The molecule has 0 heterocycles. The Kier molecular flexibility index (Phi) is 8.46. The monoisotopic (exact) mass is 661 g/mol. The SMILES string of the molecule is N#C/C(=C/c1cc(Br)c(OCc2ccccc2C#N)c(I)c1)C(=O)Nc1cccc(Br)c1. The van der Waals surface area contributed by atoms with Crippen molar-refractivity contribution in [3.8, 4) is 17.9 Å². The molecule has 3 rings (SSSR count). The number of benzene rings is 3. The van der Waals surface area contributed by atoms with E-state index < -0.39 is 5.91 Å². The van der Waals surface area contributed by atoms with Crippen molar-refractivity contribution >= 4 is 72.1 Å². The van der Waals surface area contributed by atoms with Crippen LogP contribution >= 0.6 is 54.5 Å². The molecule has 0 spiro atoms. The molecule has 1 N–H and O–H groups in total. The van der Waals surface area contributed by atoms with Crippen molar-refractivity contribution in [1.29, 1.82) is 10.5 Å². The van der Waals surface area contributed by atoms with Crippen LogP contribution in [-0.4, -0.2) is 5.91 Å². The van der Waals surface area contributed by atoms with E-state index in [1.165, 1.54) is 6.08 Å². The summed E-state index contributed by atoms with van der Waals surface area (Å²) in [4.78, 5) is 12.5. The molecule has 3 aromatic rings. The molecular formula is C24H14Br2IN3O2. The van der Waals surface area contributed by atoms with Gasteiger partial charge in [-0.15, -0.1) is 0 Å². The number of halogens is 3. The first kappa shape index (κ1) is 24.0. The number of anilines is 1. The standard InChI is InChI=1S/C24H14Br2IN3O2/c25-19-6-3-7-20(11-19)30-24(31)18(13-29)8-15-9-21(26)23(22(27)10-15)32-14-17-5-2-1-4-16(17)12-28/h1-11H,14H2,(H,30,31)/b18-8-. The maximum absolute atomic E-state index is 12.5. The normalized spacial score (nSPS) is 10.7. The summed E-state index contributed by atoms with van der Waals surface area (Å²) >= 11 is 8.99. The molecule has 1 amide bonds. The number of nitrogens with zero attached hydrogens (tertiary/aromatic N) is 2. The van der Waals surface area contributed by atoms with E-state index in [1.54, 1.807) is 30.3 Å². The average molecular weight is 663 g/mol. The van der Waals surface area contributed by atoms with Crippen LogP contribution < -0.4 is 10.1 Å². The predicted octanol–water partition coefficient (Wildman–Crippen LogP) is 6.81. The highest BCUT2D eigenvalue weighted by Gasteiger charge is 2.13. The van der Waals surface area contributed by atoms with Gasteiger partial charge in [0.05, 0.1) is 19.7 Å². The van der Waals surface area contributed by atoms with E-state index in [4.69, 9.17) is 4.74 Å². The van der Waals surface area contributed by atoms with E-state index >= 15 is 0 Å². The second-order valence-corrected chi connectivity index (χ2v) is 9.44. The van der Waals surface area contributed by atoms with Crippen LogP contribution in [0.3, 0.4) is 0 Å². The average Bonchev–Trinajstić information content (AvgIpc) is 2.77. The molecule has 0 bridgehead atoms. The van der Waals surface area contributed by atoms with Crippen molar-refractivity contribution in [1.82, 2.24) is 0 Å². The minimum atomic E-state index is -0.495. The maximum Gasteiger partial charge on any atom is 0.266 e. The van der Waals surface area contributed by atoms with Crippen LogP contribution in [0.1, 0.15) is 16.7 Å². The minimum absolute atomic E-state index is 0.0238. The van der Waals surface area contributed by atoms with Crippen LogP contribution in [0.15, 0.2) is 75.2 Å². The number of carbonyl (C=O) groups excluding carboxylic acids is 1. The molecule has 0 aromatic heterocycles. The van der Waals surface area contributed by atoms with E-state index in [2.05, 4.69) is 65.8 Å². The summed E-state index contributed by atoms with van der Waals surface area (Å²) in [5.74, 6) is 0.123. The first-order valence-electron chi connectivity index (χ1n) is 9.20. The van der Waals surface area contributed by atoms with Gasteiger partial charge in [-0.05, 0) is 86.6 Å². The Balaban J connectivity index is 1.79. The van der Waals surface area contributed by atoms with Crippen molar-refractivity contribution in [2.24, 2.45) is 0 Å². The van der Waals surface area contributed by atoms with Gasteiger partial charge in [-0.1, -0.05) is 40.2 Å². The Bertz CT molecular complexity index is 1270. The van der Waals surface area contributed by atoms with Gasteiger partial charge < -0.3 is 10.1 Å². The highest BCUT2D eigenvalue weighted by Crippen LogP contribution is 2.33. The predicted molar refractivity (Wildman–Crippen MR) is 139 cm³/mol. The van der Waals surface area contributed by atoms with Crippen LogP contribution in [-0.2, 0) is 11.4 Å². The van der Waals surface area contributed by atoms with Gasteiger partial charge in [-0.25, -0.2) is 0 Å². The third-order valence-electron chi connectivity index (χ3n) is 4.29. The number of hydrogen-bond donors (Lipinski definition) is 1. The molecule has 0 fully saturated rings. The maximum atomic E-state index is 12.5. The molecule has 5 nitrogen and oxygen atoms in total. The quantitative estimate of drug-likeness (QED) is 0.179. The van der Waals surface area contributed by atoms with Gasteiger partial charge in [0.25, 0.3) is 5.91 Å². The van der Waals surface area contributed by atoms with Gasteiger partial charge in [0.1, 0.15) is 24.0 Å². The lowest BCUT2D eigenvalue weighted by atomic mass is 10.1. The lowest BCUT2D eigenvalue weighted by Crippen LogP contribution is -2.13. The zero-order chi connectivity index (χ0) is 23.1. The van der Waals surface area contributed by atoms with Crippen LogP contribution in [0, 0.1) is 26.2 Å². The molecule has 0 atom stereocenters. The summed E-state index contributed by atoms with van der Waals surface area (Å²) < 4.78 is 8.24. The van der Waals surface area contributed by atoms with Crippen molar-refractivity contribution < 1.29 is 9.53 Å². The van der Waals surface area contributed by atoms with Crippen molar-refractivity contribution in [2.45, 2.75) is 6.61 Å². The van der Waals surface area contributed by atoms with Crippen molar-refractivity contribution in [3.05, 3.63) is 95.4 Å². The Morgan fingerprint density at radius 3 is 2.56 bits per heavy atom. The molecule has 0 saturated heterocycles. The first-order chi connectivity index (χ1) is 15.4. The lowest BCUT2D eigenvalue weighted by Gasteiger charge is -2.12. The number of nitrogens with one attached hydrogen (secondary N) is 1. The Labute approximate surface area is 216 Å². The minimum Gasteiger partial charge on any atom is -0.487 e. The third kappa shape index (κ3) is 6.19. The molecule has 0 aliphatic carbocycles. The summed E-state index contributed by atoms with van der Waals surface area (Å²) in [7, 11) is 0. The summed E-state index contributed by atoms with van der Waals surface area (Å²) in [6.07, 6.45) is 1.52. The zero-order valence-electron chi connectivity index (χ0n) is 16.4.